The molecule has 4 fully saturated rings. The molecule has 124 valence electrons. The number of aliphatic hydroxyl groups is 1. The van der Waals surface area contributed by atoms with E-state index in [0.29, 0.717) is 25.7 Å². The van der Waals surface area contributed by atoms with Gasteiger partial charge in [-0.1, -0.05) is 6.92 Å². The van der Waals surface area contributed by atoms with E-state index in [0.717, 1.165) is 0 Å². The van der Waals surface area contributed by atoms with Gasteiger partial charge in [-0.05, 0) is 19.8 Å². The molecule has 3 heterocycles. The Morgan fingerprint density at radius 3 is 2.77 bits per heavy atom. The number of carbonyl (C=O) groups is 2. The van der Waals surface area contributed by atoms with Gasteiger partial charge < -0.3 is 14.6 Å². The fourth-order valence-corrected chi connectivity index (χ4v) is 4.12. The molecule has 1 spiro atoms. The van der Waals surface area contributed by atoms with Gasteiger partial charge in [0.2, 0.25) is 5.79 Å². The summed E-state index contributed by atoms with van der Waals surface area (Å²) in [4.78, 5) is 35.4. The molecule has 6 atom stereocenters. The van der Waals surface area contributed by atoms with Crippen LogP contribution >= 0.6 is 0 Å². The fraction of sp³-hybridized carbons (Fsp3) is 0.867. The zero-order chi connectivity index (χ0) is 16.1. The number of ketones is 1. The molecule has 3 aliphatic heterocycles. The number of fused-ring (bicyclic) bond motifs is 3. The lowest BCUT2D eigenvalue weighted by molar-refractivity contribution is -0.551. The quantitative estimate of drug-likeness (QED) is 0.599. The van der Waals surface area contributed by atoms with Crippen molar-refractivity contribution in [1.29, 1.82) is 0 Å². The van der Waals surface area contributed by atoms with Crippen LogP contribution < -0.4 is 0 Å². The smallest absolute Gasteiger partial charge is 0.308 e. The Labute approximate surface area is 128 Å². The van der Waals surface area contributed by atoms with Gasteiger partial charge >= 0.3 is 5.97 Å². The molecule has 3 saturated heterocycles. The van der Waals surface area contributed by atoms with Crippen LogP contribution in [0.3, 0.4) is 0 Å². The van der Waals surface area contributed by atoms with E-state index in [4.69, 9.17) is 19.2 Å². The Morgan fingerprint density at radius 1 is 1.41 bits per heavy atom. The molecule has 7 nitrogen and oxygen atoms in total. The molecule has 7 heteroatoms. The molecule has 1 aliphatic carbocycles. The summed E-state index contributed by atoms with van der Waals surface area (Å²) in [7, 11) is 1.32. The third kappa shape index (κ3) is 2.11. The largest absolute Gasteiger partial charge is 0.469 e. The molecule has 0 amide bonds. The highest BCUT2D eigenvalue weighted by Crippen LogP contribution is 2.54. The number of aliphatic hydroxyl groups excluding tert-OH is 1. The van der Waals surface area contributed by atoms with E-state index in [-0.39, 0.29) is 5.78 Å². The number of carbonyl (C=O) groups excluding carboxylic acids is 2. The van der Waals surface area contributed by atoms with Gasteiger partial charge in [0.1, 0.15) is 5.78 Å². The minimum Gasteiger partial charge on any atom is -0.469 e. The molecule has 6 unspecified atom stereocenters. The lowest BCUT2D eigenvalue weighted by Gasteiger charge is -2.52. The third-order valence-corrected chi connectivity index (χ3v) is 5.39. The summed E-state index contributed by atoms with van der Waals surface area (Å²) >= 11 is 0. The normalized spacial score (nSPS) is 45.8. The van der Waals surface area contributed by atoms with E-state index in [2.05, 4.69) is 0 Å². The predicted molar refractivity (Wildman–Crippen MR) is 72.0 cm³/mol. The van der Waals surface area contributed by atoms with Crippen molar-refractivity contribution in [3.05, 3.63) is 0 Å². The van der Waals surface area contributed by atoms with Crippen LogP contribution in [-0.4, -0.2) is 41.6 Å². The Hall–Kier alpha value is -1.02. The van der Waals surface area contributed by atoms with Crippen LogP contribution in [0.4, 0.5) is 0 Å². The number of rotatable bonds is 2. The van der Waals surface area contributed by atoms with E-state index < -0.39 is 41.4 Å². The summed E-state index contributed by atoms with van der Waals surface area (Å²) < 4.78 is 10.4. The highest BCUT2D eigenvalue weighted by molar-refractivity contribution is 5.84. The summed E-state index contributed by atoms with van der Waals surface area (Å²) in [6.07, 6.45) is 0.399. The number of ether oxygens (including phenoxy) is 2. The molecule has 0 aromatic heterocycles. The van der Waals surface area contributed by atoms with E-state index in [9.17, 15) is 14.7 Å². The summed E-state index contributed by atoms with van der Waals surface area (Å²) in [6, 6.07) is 0. The summed E-state index contributed by atoms with van der Waals surface area (Å²) in [6.45, 7) is 3.39. The van der Waals surface area contributed by atoms with Gasteiger partial charge in [0.25, 0.3) is 0 Å². The number of hydrogen-bond acceptors (Lipinski definition) is 7. The first-order valence-electron chi connectivity index (χ1n) is 7.67. The molecule has 0 aromatic rings. The number of esters is 1. The highest BCUT2D eigenvalue weighted by Gasteiger charge is 2.67. The van der Waals surface area contributed by atoms with Crippen molar-refractivity contribution >= 4 is 11.8 Å². The minimum atomic E-state index is -1.35. The molecule has 0 radical (unpaired) electrons. The lowest BCUT2D eigenvalue weighted by atomic mass is 9.62. The van der Waals surface area contributed by atoms with Crippen molar-refractivity contribution in [1.82, 2.24) is 0 Å². The van der Waals surface area contributed by atoms with Gasteiger partial charge in [-0.2, -0.15) is 0 Å². The standard InChI is InChI=1S/C15H22O7/c1-8(12(17)19-3)9-4-5-11(16)10-6-7-14(2)20-13(18)15(9,10)22-21-14/h8-10,13,18H,4-7H2,1-3H3. The summed E-state index contributed by atoms with van der Waals surface area (Å²) in [5.74, 6) is -2.95. The zero-order valence-electron chi connectivity index (χ0n) is 13.0. The molecular formula is C15H22O7. The molecule has 1 saturated carbocycles. The average molecular weight is 314 g/mol. The maximum Gasteiger partial charge on any atom is 0.308 e. The molecule has 4 aliphatic rings. The van der Waals surface area contributed by atoms with Crippen molar-refractivity contribution in [2.75, 3.05) is 7.11 Å². The average Bonchev–Trinajstić information content (AvgIpc) is 2.71. The molecule has 2 bridgehead atoms. The van der Waals surface area contributed by atoms with Crippen molar-refractivity contribution in [3.63, 3.8) is 0 Å². The van der Waals surface area contributed by atoms with Gasteiger partial charge in [0.05, 0.1) is 18.9 Å². The lowest BCUT2D eigenvalue weighted by Crippen LogP contribution is -2.66. The summed E-state index contributed by atoms with van der Waals surface area (Å²) in [5, 5.41) is 10.6. The fourth-order valence-electron chi connectivity index (χ4n) is 4.12. The van der Waals surface area contributed by atoms with Crippen LogP contribution in [0.2, 0.25) is 0 Å². The van der Waals surface area contributed by atoms with Crippen LogP contribution in [0, 0.1) is 17.8 Å². The number of methoxy groups -OCH3 is 1. The Balaban J connectivity index is 2.03. The molecular weight excluding hydrogens is 292 g/mol. The van der Waals surface area contributed by atoms with Gasteiger partial charge in [-0.3, -0.25) is 9.59 Å². The maximum absolute atomic E-state index is 12.4. The number of Topliss-reactive ketones (excluding diaryl/α,β-unsaturated/α-hetero) is 1. The Kier molecular flexibility index (Phi) is 3.79. The Morgan fingerprint density at radius 2 is 2.14 bits per heavy atom. The van der Waals surface area contributed by atoms with Gasteiger partial charge in [-0.25, -0.2) is 9.78 Å². The van der Waals surface area contributed by atoms with E-state index in [1.165, 1.54) is 7.11 Å². The van der Waals surface area contributed by atoms with Crippen LogP contribution in [0.1, 0.15) is 39.5 Å². The number of hydrogen-bond donors (Lipinski definition) is 1. The zero-order valence-corrected chi connectivity index (χ0v) is 13.0. The third-order valence-electron chi connectivity index (χ3n) is 5.39. The molecule has 22 heavy (non-hydrogen) atoms. The summed E-state index contributed by atoms with van der Waals surface area (Å²) in [5.41, 5.74) is -1.35. The van der Waals surface area contributed by atoms with Crippen LogP contribution in [0.5, 0.6) is 0 Å². The van der Waals surface area contributed by atoms with E-state index >= 15 is 0 Å². The molecule has 1 N–H and O–H groups in total. The SMILES string of the molecule is COC(=O)C(C)C1CCC(=O)C2CCC3(C)OOC21C(O)O3. The van der Waals surface area contributed by atoms with E-state index in [1.807, 2.05) is 0 Å². The van der Waals surface area contributed by atoms with E-state index in [1.54, 1.807) is 13.8 Å². The van der Waals surface area contributed by atoms with Crippen LogP contribution in [-0.2, 0) is 28.8 Å². The highest BCUT2D eigenvalue weighted by atomic mass is 17.3. The first-order valence-corrected chi connectivity index (χ1v) is 7.67. The predicted octanol–water partition coefficient (Wildman–Crippen LogP) is 0.936. The second kappa shape index (κ2) is 5.26. The van der Waals surface area contributed by atoms with Gasteiger partial charge in [0, 0.05) is 18.8 Å². The first-order chi connectivity index (χ1) is 10.3. The van der Waals surface area contributed by atoms with Gasteiger partial charge in [0.15, 0.2) is 11.9 Å². The second-order valence-corrected chi connectivity index (χ2v) is 6.64. The first kappa shape index (κ1) is 15.9. The second-order valence-electron chi connectivity index (χ2n) is 6.64. The van der Waals surface area contributed by atoms with Crippen molar-refractivity contribution in [3.8, 4) is 0 Å². The van der Waals surface area contributed by atoms with Crippen molar-refractivity contribution in [2.45, 2.75) is 57.2 Å². The topological polar surface area (TPSA) is 91.3 Å². The minimum absolute atomic E-state index is 0.0192. The van der Waals surface area contributed by atoms with Gasteiger partial charge in [-0.15, -0.1) is 0 Å². The Bertz CT molecular complexity index is 492. The van der Waals surface area contributed by atoms with Crippen LogP contribution in [0.25, 0.3) is 0 Å². The van der Waals surface area contributed by atoms with Crippen molar-refractivity contribution in [2.24, 2.45) is 17.8 Å². The monoisotopic (exact) mass is 314 g/mol. The van der Waals surface area contributed by atoms with Crippen LogP contribution in [0.15, 0.2) is 0 Å². The molecule has 4 rings (SSSR count). The van der Waals surface area contributed by atoms with Crippen molar-refractivity contribution < 1.29 is 33.9 Å². The maximum atomic E-state index is 12.4. The molecule has 0 aromatic carbocycles.